The number of oxime groups is 1. The molecule has 0 spiro atoms. The second kappa shape index (κ2) is 6.13. The van der Waals surface area contributed by atoms with Gasteiger partial charge in [0, 0.05) is 6.42 Å². The first-order valence-corrected chi connectivity index (χ1v) is 7.27. The molecule has 5 heteroatoms. The molecule has 1 fully saturated rings. The first-order valence-electron chi connectivity index (χ1n) is 7.27. The van der Waals surface area contributed by atoms with Gasteiger partial charge in [0.25, 0.3) is 0 Å². The molecule has 2 aliphatic heterocycles. The van der Waals surface area contributed by atoms with Gasteiger partial charge in [-0.05, 0) is 19.4 Å². The van der Waals surface area contributed by atoms with Crippen LogP contribution in [0.4, 0.5) is 0 Å². The number of benzene rings is 1. The molecule has 1 saturated heterocycles. The summed E-state index contributed by atoms with van der Waals surface area (Å²) >= 11 is 0. The Kier molecular flexibility index (Phi) is 4.24. The van der Waals surface area contributed by atoms with Crippen molar-refractivity contribution in [3.8, 4) is 0 Å². The number of hydrogen-bond acceptors (Lipinski definition) is 5. The maximum atomic E-state index is 5.79. The minimum absolute atomic E-state index is 0.0598. The summed E-state index contributed by atoms with van der Waals surface area (Å²) in [5, 5.41) is 4.10. The highest BCUT2D eigenvalue weighted by molar-refractivity contribution is 5.86. The second-order valence-corrected chi connectivity index (χ2v) is 5.85. The third kappa shape index (κ3) is 3.81. The Hall–Kier alpha value is -1.43. The molecule has 0 unspecified atom stereocenters. The van der Waals surface area contributed by atoms with Crippen molar-refractivity contribution in [2.75, 3.05) is 13.2 Å². The van der Waals surface area contributed by atoms with Crippen LogP contribution in [-0.4, -0.2) is 36.9 Å². The maximum Gasteiger partial charge on any atom is 0.163 e. The second-order valence-electron chi connectivity index (χ2n) is 5.85. The average Bonchev–Trinajstić information content (AvgIpc) is 3.06. The van der Waals surface area contributed by atoms with E-state index >= 15 is 0 Å². The molecule has 0 N–H and O–H groups in total. The largest absolute Gasteiger partial charge is 0.389 e. The fraction of sp³-hybridized carbons (Fsp3) is 0.562. The molecule has 3 rings (SSSR count). The minimum atomic E-state index is -0.527. The quantitative estimate of drug-likeness (QED) is 0.836. The van der Waals surface area contributed by atoms with Crippen LogP contribution in [-0.2, 0) is 25.7 Å². The first-order chi connectivity index (χ1) is 10.1. The van der Waals surface area contributed by atoms with E-state index < -0.39 is 5.79 Å². The van der Waals surface area contributed by atoms with Crippen LogP contribution >= 0.6 is 0 Å². The average molecular weight is 291 g/mol. The zero-order chi connectivity index (χ0) is 14.7. The van der Waals surface area contributed by atoms with E-state index in [1.54, 1.807) is 0 Å². The van der Waals surface area contributed by atoms with E-state index in [0.717, 1.165) is 17.7 Å². The fourth-order valence-corrected chi connectivity index (χ4v) is 2.49. The van der Waals surface area contributed by atoms with Crippen LogP contribution in [0.5, 0.6) is 0 Å². The highest BCUT2D eigenvalue weighted by atomic mass is 16.8. The van der Waals surface area contributed by atoms with E-state index in [1.165, 1.54) is 0 Å². The Balaban J connectivity index is 1.41. The summed E-state index contributed by atoms with van der Waals surface area (Å²) in [5.41, 5.74) is 2.08. The van der Waals surface area contributed by atoms with E-state index in [2.05, 4.69) is 5.16 Å². The standard InChI is InChI=1S/C16H21NO4/c1-16(2)19-11-15(20-16)14-8-13(17-21-14)10-18-9-12-6-4-3-5-7-12/h3-7,14-15H,8-11H2,1-2H3/t14-,15-/m0/s1. The lowest BCUT2D eigenvalue weighted by atomic mass is 10.1. The van der Waals surface area contributed by atoms with Crippen molar-refractivity contribution in [3.63, 3.8) is 0 Å². The molecule has 0 aromatic heterocycles. The van der Waals surface area contributed by atoms with Crippen LogP contribution in [0.3, 0.4) is 0 Å². The molecule has 5 nitrogen and oxygen atoms in total. The van der Waals surface area contributed by atoms with Gasteiger partial charge in [0.1, 0.15) is 6.10 Å². The number of nitrogens with zero attached hydrogens (tertiary/aromatic N) is 1. The molecule has 1 aromatic rings. The van der Waals surface area contributed by atoms with Crippen molar-refractivity contribution in [3.05, 3.63) is 35.9 Å². The van der Waals surface area contributed by atoms with Crippen LogP contribution in [0, 0.1) is 0 Å². The number of ether oxygens (including phenoxy) is 3. The monoisotopic (exact) mass is 291 g/mol. The normalized spacial score (nSPS) is 27.4. The van der Waals surface area contributed by atoms with Crippen LogP contribution in [0.15, 0.2) is 35.5 Å². The Morgan fingerprint density at radius 2 is 2.00 bits per heavy atom. The summed E-state index contributed by atoms with van der Waals surface area (Å²) in [7, 11) is 0. The van der Waals surface area contributed by atoms with Crippen molar-refractivity contribution < 1.29 is 19.0 Å². The summed E-state index contributed by atoms with van der Waals surface area (Å²) in [4.78, 5) is 5.45. The summed E-state index contributed by atoms with van der Waals surface area (Å²) in [5.74, 6) is -0.527. The van der Waals surface area contributed by atoms with Gasteiger partial charge in [-0.15, -0.1) is 0 Å². The summed E-state index contributed by atoms with van der Waals surface area (Å²) in [6.07, 6.45) is 0.608. The third-order valence-corrected chi connectivity index (χ3v) is 3.58. The van der Waals surface area contributed by atoms with Gasteiger partial charge in [-0.2, -0.15) is 0 Å². The zero-order valence-electron chi connectivity index (χ0n) is 12.5. The zero-order valence-corrected chi connectivity index (χ0v) is 12.5. The van der Waals surface area contributed by atoms with Crippen molar-refractivity contribution in [1.29, 1.82) is 0 Å². The molecule has 21 heavy (non-hydrogen) atoms. The molecule has 0 saturated carbocycles. The van der Waals surface area contributed by atoms with E-state index in [9.17, 15) is 0 Å². The van der Waals surface area contributed by atoms with E-state index in [1.807, 2.05) is 44.2 Å². The summed E-state index contributed by atoms with van der Waals surface area (Å²) in [6.45, 7) is 5.44. The molecular weight excluding hydrogens is 270 g/mol. The predicted molar refractivity (Wildman–Crippen MR) is 77.9 cm³/mol. The minimum Gasteiger partial charge on any atom is -0.389 e. The molecular formula is C16H21NO4. The lowest BCUT2D eigenvalue weighted by Gasteiger charge is -2.19. The Morgan fingerprint density at radius 3 is 2.71 bits per heavy atom. The number of rotatable bonds is 5. The first kappa shape index (κ1) is 14.5. The van der Waals surface area contributed by atoms with Gasteiger partial charge in [0.15, 0.2) is 11.9 Å². The Labute approximate surface area is 124 Å². The van der Waals surface area contributed by atoms with Gasteiger partial charge in [-0.1, -0.05) is 35.5 Å². The molecule has 114 valence electrons. The van der Waals surface area contributed by atoms with E-state index in [-0.39, 0.29) is 12.2 Å². The van der Waals surface area contributed by atoms with Crippen molar-refractivity contribution in [2.24, 2.45) is 5.16 Å². The van der Waals surface area contributed by atoms with Gasteiger partial charge >= 0.3 is 0 Å². The SMILES string of the molecule is CC1(C)OC[C@@H]([C@@H]2CC(COCc3ccccc3)=NO2)O1. The van der Waals surface area contributed by atoms with Gasteiger partial charge in [-0.25, -0.2) is 0 Å². The fourth-order valence-electron chi connectivity index (χ4n) is 2.49. The summed E-state index contributed by atoms with van der Waals surface area (Å²) in [6, 6.07) is 10.1. The molecule has 2 heterocycles. The molecule has 0 aliphatic carbocycles. The molecule has 0 radical (unpaired) electrons. The highest BCUT2D eigenvalue weighted by Crippen LogP contribution is 2.28. The number of hydrogen-bond donors (Lipinski definition) is 0. The van der Waals surface area contributed by atoms with Crippen LogP contribution in [0.2, 0.25) is 0 Å². The van der Waals surface area contributed by atoms with Gasteiger partial charge in [0.05, 0.1) is 25.5 Å². The molecule has 2 aliphatic rings. The smallest absolute Gasteiger partial charge is 0.163 e. The highest BCUT2D eigenvalue weighted by Gasteiger charge is 2.40. The maximum absolute atomic E-state index is 5.79. The van der Waals surface area contributed by atoms with Crippen LogP contribution in [0.1, 0.15) is 25.8 Å². The predicted octanol–water partition coefficient (Wildman–Crippen LogP) is 2.50. The van der Waals surface area contributed by atoms with Crippen LogP contribution < -0.4 is 0 Å². The van der Waals surface area contributed by atoms with Crippen molar-refractivity contribution in [2.45, 2.75) is 44.9 Å². The van der Waals surface area contributed by atoms with Gasteiger partial charge in [-0.3, -0.25) is 0 Å². The lowest BCUT2D eigenvalue weighted by molar-refractivity contribution is -0.153. The van der Waals surface area contributed by atoms with Crippen molar-refractivity contribution in [1.82, 2.24) is 0 Å². The topological polar surface area (TPSA) is 49.3 Å². The molecule has 0 amide bonds. The van der Waals surface area contributed by atoms with Gasteiger partial charge < -0.3 is 19.0 Å². The molecule has 1 aromatic carbocycles. The molecule has 0 bridgehead atoms. The Morgan fingerprint density at radius 1 is 1.19 bits per heavy atom. The van der Waals surface area contributed by atoms with E-state index in [4.69, 9.17) is 19.0 Å². The Bertz CT molecular complexity index is 500. The summed E-state index contributed by atoms with van der Waals surface area (Å²) < 4.78 is 17.0. The van der Waals surface area contributed by atoms with Crippen LogP contribution in [0.25, 0.3) is 0 Å². The molecule has 2 atom stereocenters. The van der Waals surface area contributed by atoms with Gasteiger partial charge in [0.2, 0.25) is 0 Å². The van der Waals surface area contributed by atoms with E-state index in [0.29, 0.717) is 19.8 Å². The third-order valence-electron chi connectivity index (χ3n) is 3.58. The lowest BCUT2D eigenvalue weighted by Crippen LogP contribution is -2.31. The van der Waals surface area contributed by atoms with Crippen molar-refractivity contribution >= 4 is 5.71 Å².